The van der Waals surface area contributed by atoms with Crippen molar-refractivity contribution in [2.45, 2.75) is 27.2 Å². The van der Waals surface area contributed by atoms with Crippen LogP contribution in [0.25, 0.3) is 0 Å². The highest BCUT2D eigenvalue weighted by atomic mass is 16.5. The number of hydrogen-bond donors (Lipinski definition) is 2. The first kappa shape index (κ1) is 21.8. The molecule has 2 rings (SSSR count). The second kappa shape index (κ2) is 10.2. The van der Waals surface area contributed by atoms with Gasteiger partial charge in [-0.1, -0.05) is 19.9 Å². The van der Waals surface area contributed by atoms with E-state index in [4.69, 9.17) is 4.74 Å². The Hall–Kier alpha value is -3.48. The fourth-order valence-electron chi connectivity index (χ4n) is 2.55. The van der Waals surface area contributed by atoms with Crippen molar-refractivity contribution in [3.05, 3.63) is 59.7 Å². The number of amides is 2. The zero-order valence-electron chi connectivity index (χ0n) is 16.7. The van der Waals surface area contributed by atoms with Gasteiger partial charge in [0.2, 0.25) is 11.8 Å². The average molecular weight is 396 g/mol. The standard InChI is InChI=1S/C22H24N2O5/c1-14(2)11-21(27)24-18-9-7-16(8-10-18)20(26)13-29-22(28)17-5-4-6-19(12-17)23-15(3)25/h4-10,12,14H,11,13H2,1-3H3,(H,23,25)(H,24,27). The van der Waals surface area contributed by atoms with Crippen LogP contribution in [0.3, 0.4) is 0 Å². The number of ketones is 1. The second-order valence-corrected chi connectivity index (χ2v) is 6.98. The lowest BCUT2D eigenvalue weighted by atomic mass is 10.1. The normalized spacial score (nSPS) is 10.3. The van der Waals surface area contributed by atoms with E-state index in [1.807, 2.05) is 13.8 Å². The van der Waals surface area contributed by atoms with E-state index in [0.717, 1.165) is 0 Å². The monoisotopic (exact) mass is 396 g/mol. The highest BCUT2D eigenvalue weighted by Gasteiger charge is 2.13. The Morgan fingerprint density at radius 2 is 1.59 bits per heavy atom. The van der Waals surface area contributed by atoms with Gasteiger partial charge in [0, 0.05) is 30.3 Å². The Labute approximate surface area is 169 Å². The van der Waals surface area contributed by atoms with Crippen molar-refractivity contribution in [2.24, 2.45) is 5.92 Å². The molecule has 0 atom stereocenters. The summed E-state index contributed by atoms with van der Waals surface area (Å²) >= 11 is 0. The number of benzene rings is 2. The van der Waals surface area contributed by atoms with Crippen LogP contribution in [0.5, 0.6) is 0 Å². The summed E-state index contributed by atoms with van der Waals surface area (Å²) in [6.45, 7) is 4.87. The van der Waals surface area contributed by atoms with Gasteiger partial charge in [0.1, 0.15) is 0 Å². The molecule has 0 aliphatic rings. The number of rotatable bonds is 8. The summed E-state index contributed by atoms with van der Waals surface area (Å²) in [5, 5.41) is 5.34. The molecule has 0 heterocycles. The van der Waals surface area contributed by atoms with Gasteiger partial charge in [-0.15, -0.1) is 0 Å². The molecule has 29 heavy (non-hydrogen) atoms. The van der Waals surface area contributed by atoms with Crippen LogP contribution >= 0.6 is 0 Å². The van der Waals surface area contributed by atoms with Crippen molar-refractivity contribution in [1.82, 2.24) is 0 Å². The number of nitrogens with one attached hydrogen (secondary N) is 2. The second-order valence-electron chi connectivity index (χ2n) is 6.98. The molecule has 0 aromatic heterocycles. The molecule has 152 valence electrons. The predicted molar refractivity (Wildman–Crippen MR) is 110 cm³/mol. The van der Waals surface area contributed by atoms with Gasteiger partial charge in [0.25, 0.3) is 0 Å². The lowest BCUT2D eigenvalue weighted by molar-refractivity contribution is -0.117. The average Bonchev–Trinajstić information content (AvgIpc) is 2.65. The van der Waals surface area contributed by atoms with Gasteiger partial charge < -0.3 is 15.4 Å². The van der Waals surface area contributed by atoms with Crippen LogP contribution in [0.15, 0.2) is 48.5 Å². The van der Waals surface area contributed by atoms with E-state index >= 15 is 0 Å². The van der Waals surface area contributed by atoms with Gasteiger partial charge >= 0.3 is 5.97 Å². The van der Waals surface area contributed by atoms with Crippen molar-refractivity contribution in [3.8, 4) is 0 Å². The summed E-state index contributed by atoms with van der Waals surface area (Å²) in [6, 6.07) is 12.7. The maximum Gasteiger partial charge on any atom is 0.338 e. The smallest absolute Gasteiger partial charge is 0.338 e. The summed E-state index contributed by atoms with van der Waals surface area (Å²) in [4.78, 5) is 47.3. The first-order chi connectivity index (χ1) is 13.7. The summed E-state index contributed by atoms with van der Waals surface area (Å²) in [5.74, 6) is -1.12. The van der Waals surface area contributed by atoms with Crippen LogP contribution in [0, 0.1) is 5.92 Å². The molecule has 2 aromatic carbocycles. The highest BCUT2D eigenvalue weighted by molar-refractivity contribution is 6.00. The number of hydrogen-bond acceptors (Lipinski definition) is 5. The van der Waals surface area contributed by atoms with E-state index in [2.05, 4.69) is 10.6 Å². The van der Waals surface area contributed by atoms with Crippen LogP contribution < -0.4 is 10.6 Å². The molecular weight excluding hydrogens is 372 g/mol. The lowest BCUT2D eigenvalue weighted by Crippen LogP contribution is -2.15. The Morgan fingerprint density at radius 1 is 0.897 bits per heavy atom. The highest BCUT2D eigenvalue weighted by Crippen LogP contribution is 2.14. The molecule has 7 nitrogen and oxygen atoms in total. The summed E-state index contributed by atoms with van der Waals surface area (Å²) in [5.41, 5.74) is 1.66. The molecule has 0 saturated heterocycles. The van der Waals surface area contributed by atoms with Gasteiger partial charge in [0.05, 0.1) is 5.56 Å². The summed E-state index contributed by atoms with van der Waals surface area (Å²) in [6.07, 6.45) is 0.416. The third kappa shape index (κ3) is 7.21. The van der Waals surface area contributed by atoms with Crippen molar-refractivity contribution in [3.63, 3.8) is 0 Å². The minimum absolute atomic E-state index is 0.0884. The molecule has 2 amide bonds. The molecule has 7 heteroatoms. The third-order valence-electron chi connectivity index (χ3n) is 3.84. The summed E-state index contributed by atoms with van der Waals surface area (Å²) in [7, 11) is 0. The molecule has 0 saturated carbocycles. The SMILES string of the molecule is CC(=O)Nc1cccc(C(=O)OCC(=O)c2ccc(NC(=O)CC(C)C)cc2)c1. The van der Waals surface area contributed by atoms with Crippen molar-refractivity contribution < 1.29 is 23.9 Å². The van der Waals surface area contributed by atoms with E-state index in [9.17, 15) is 19.2 Å². The number of ether oxygens (including phenoxy) is 1. The maximum absolute atomic E-state index is 12.3. The number of carbonyl (C=O) groups is 4. The Kier molecular flexibility index (Phi) is 7.65. The van der Waals surface area contributed by atoms with Crippen LogP contribution in [-0.2, 0) is 14.3 Å². The Bertz CT molecular complexity index is 904. The van der Waals surface area contributed by atoms with Crippen molar-refractivity contribution in [2.75, 3.05) is 17.2 Å². The molecule has 0 fully saturated rings. The van der Waals surface area contributed by atoms with Gasteiger partial charge in [-0.3, -0.25) is 14.4 Å². The summed E-state index contributed by atoms with van der Waals surface area (Å²) < 4.78 is 5.07. The van der Waals surface area contributed by atoms with E-state index in [0.29, 0.717) is 23.4 Å². The molecule has 0 bridgehead atoms. The number of esters is 1. The van der Waals surface area contributed by atoms with Crippen molar-refractivity contribution >= 4 is 34.9 Å². The van der Waals surface area contributed by atoms with Crippen LogP contribution in [0.4, 0.5) is 11.4 Å². The fourth-order valence-corrected chi connectivity index (χ4v) is 2.55. The number of Topliss-reactive ketones (excluding diaryl/α,β-unsaturated/α-hetero) is 1. The number of carbonyl (C=O) groups excluding carboxylic acids is 4. The van der Waals surface area contributed by atoms with Crippen molar-refractivity contribution in [1.29, 1.82) is 0 Å². The zero-order chi connectivity index (χ0) is 21.4. The fraction of sp³-hybridized carbons (Fsp3) is 0.273. The number of anilines is 2. The third-order valence-corrected chi connectivity index (χ3v) is 3.84. The molecule has 0 radical (unpaired) electrons. The predicted octanol–water partition coefficient (Wildman–Crippen LogP) is 3.67. The minimum Gasteiger partial charge on any atom is -0.454 e. The molecule has 2 aromatic rings. The van der Waals surface area contributed by atoms with E-state index in [1.165, 1.54) is 19.1 Å². The molecule has 2 N–H and O–H groups in total. The first-order valence-corrected chi connectivity index (χ1v) is 9.22. The molecule has 0 aliphatic heterocycles. The maximum atomic E-state index is 12.3. The Balaban J connectivity index is 1.91. The zero-order valence-corrected chi connectivity index (χ0v) is 16.7. The first-order valence-electron chi connectivity index (χ1n) is 9.22. The van der Waals surface area contributed by atoms with E-state index < -0.39 is 12.6 Å². The van der Waals surface area contributed by atoms with E-state index in [1.54, 1.807) is 36.4 Å². The molecule has 0 unspecified atom stereocenters. The van der Waals surface area contributed by atoms with Crippen LogP contribution in [0.1, 0.15) is 47.9 Å². The largest absolute Gasteiger partial charge is 0.454 e. The minimum atomic E-state index is -0.664. The van der Waals surface area contributed by atoms with Gasteiger partial charge in [-0.2, -0.15) is 0 Å². The van der Waals surface area contributed by atoms with Crippen LogP contribution in [0.2, 0.25) is 0 Å². The van der Waals surface area contributed by atoms with Crippen LogP contribution in [-0.4, -0.2) is 30.2 Å². The molecular formula is C22H24N2O5. The topological polar surface area (TPSA) is 102 Å². The molecule has 0 aliphatic carbocycles. The quantitative estimate of drug-likeness (QED) is 0.524. The Morgan fingerprint density at radius 3 is 2.21 bits per heavy atom. The van der Waals surface area contributed by atoms with Gasteiger partial charge in [0.15, 0.2) is 12.4 Å². The van der Waals surface area contributed by atoms with Gasteiger partial charge in [-0.25, -0.2) is 4.79 Å². The lowest BCUT2D eigenvalue weighted by Gasteiger charge is -2.09. The molecule has 0 spiro atoms. The van der Waals surface area contributed by atoms with Gasteiger partial charge in [-0.05, 0) is 48.4 Å². The van der Waals surface area contributed by atoms with E-state index in [-0.39, 0.29) is 29.1 Å².